The SMILES string of the molecule is O=C(C=C1CCCCC1)N(Cc1ccccc1)C[C@H]1CCCO1. The van der Waals surface area contributed by atoms with Crippen LogP contribution in [0.25, 0.3) is 0 Å². The third-order valence-corrected chi connectivity index (χ3v) is 4.80. The highest BCUT2D eigenvalue weighted by Crippen LogP contribution is 2.23. The van der Waals surface area contributed by atoms with Gasteiger partial charge in [-0.15, -0.1) is 0 Å². The molecule has 1 aromatic carbocycles. The van der Waals surface area contributed by atoms with Crippen LogP contribution in [0.5, 0.6) is 0 Å². The monoisotopic (exact) mass is 313 g/mol. The molecule has 124 valence electrons. The number of amides is 1. The zero-order chi connectivity index (χ0) is 15.9. The van der Waals surface area contributed by atoms with Crippen molar-refractivity contribution < 1.29 is 9.53 Å². The minimum Gasteiger partial charge on any atom is -0.376 e. The summed E-state index contributed by atoms with van der Waals surface area (Å²) in [5.74, 6) is 0.154. The maximum Gasteiger partial charge on any atom is 0.246 e. The van der Waals surface area contributed by atoms with Crippen LogP contribution in [0.1, 0.15) is 50.5 Å². The number of benzene rings is 1. The average molecular weight is 313 g/mol. The number of carbonyl (C=O) groups is 1. The lowest BCUT2D eigenvalue weighted by atomic mass is 9.94. The van der Waals surface area contributed by atoms with Crippen molar-refractivity contribution in [3.05, 3.63) is 47.5 Å². The summed E-state index contributed by atoms with van der Waals surface area (Å²) in [4.78, 5) is 14.8. The Morgan fingerprint density at radius 1 is 1.13 bits per heavy atom. The van der Waals surface area contributed by atoms with Crippen LogP contribution in [0, 0.1) is 0 Å². The quantitative estimate of drug-likeness (QED) is 0.766. The van der Waals surface area contributed by atoms with Crippen molar-refractivity contribution >= 4 is 5.91 Å². The first kappa shape index (κ1) is 16.3. The minimum absolute atomic E-state index is 0.154. The lowest BCUT2D eigenvalue weighted by molar-refractivity contribution is -0.128. The molecule has 0 unspecified atom stereocenters. The Morgan fingerprint density at radius 2 is 1.91 bits per heavy atom. The Labute approximate surface area is 139 Å². The topological polar surface area (TPSA) is 29.5 Å². The van der Waals surface area contributed by atoms with Crippen molar-refractivity contribution in [3.63, 3.8) is 0 Å². The van der Waals surface area contributed by atoms with Crippen LogP contribution in [-0.2, 0) is 16.1 Å². The van der Waals surface area contributed by atoms with E-state index in [4.69, 9.17) is 4.74 Å². The van der Waals surface area contributed by atoms with E-state index < -0.39 is 0 Å². The van der Waals surface area contributed by atoms with Gasteiger partial charge in [0.05, 0.1) is 6.10 Å². The van der Waals surface area contributed by atoms with E-state index in [1.165, 1.54) is 30.4 Å². The predicted molar refractivity (Wildman–Crippen MR) is 92.0 cm³/mol. The minimum atomic E-state index is 0.154. The molecule has 0 aromatic heterocycles. The van der Waals surface area contributed by atoms with Crippen molar-refractivity contribution in [2.75, 3.05) is 13.2 Å². The summed E-state index contributed by atoms with van der Waals surface area (Å²) in [5.41, 5.74) is 2.51. The fourth-order valence-corrected chi connectivity index (χ4v) is 3.49. The lowest BCUT2D eigenvalue weighted by Gasteiger charge is -2.25. The first-order chi connectivity index (χ1) is 11.3. The summed E-state index contributed by atoms with van der Waals surface area (Å²) in [6, 6.07) is 10.3. The van der Waals surface area contributed by atoms with Crippen molar-refractivity contribution in [1.82, 2.24) is 4.90 Å². The number of ether oxygens (including phenoxy) is 1. The molecule has 1 amide bonds. The Balaban J connectivity index is 1.68. The molecular formula is C20H27NO2. The van der Waals surface area contributed by atoms with Gasteiger partial charge in [0.25, 0.3) is 0 Å². The summed E-state index contributed by atoms with van der Waals surface area (Å²) in [6.07, 6.45) is 10.2. The summed E-state index contributed by atoms with van der Waals surface area (Å²) < 4.78 is 5.75. The number of rotatable bonds is 5. The van der Waals surface area contributed by atoms with E-state index in [1.807, 2.05) is 29.2 Å². The smallest absolute Gasteiger partial charge is 0.246 e. The third-order valence-electron chi connectivity index (χ3n) is 4.80. The molecule has 1 aliphatic heterocycles. The van der Waals surface area contributed by atoms with Crippen molar-refractivity contribution in [2.45, 2.75) is 57.6 Å². The molecular weight excluding hydrogens is 286 g/mol. The number of hydrogen-bond donors (Lipinski definition) is 0. The molecule has 0 bridgehead atoms. The standard InChI is InChI=1S/C20H27NO2/c22-20(14-17-8-3-1-4-9-17)21(16-19-12-7-13-23-19)15-18-10-5-2-6-11-18/h2,5-6,10-11,14,19H,1,3-4,7-9,12-13,15-16H2/t19-/m1/s1. The van der Waals surface area contributed by atoms with Crippen LogP contribution in [-0.4, -0.2) is 30.1 Å². The first-order valence-electron chi connectivity index (χ1n) is 8.95. The zero-order valence-electron chi connectivity index (χ0n) is 13.9. The Kier molecular flexibility index (Phi) is 5.87. The van der Waals surface area contributed by atoms with Crippen LogP contribution < -0.4 is 0 Å². The van der Waals surface area contributed by atoms with Crippen LogP contribution in [0.4, 0.5) is 0 Å². The van der Waals surface area contributed by atoms with Gasteiger partial charge in [-0.2, -0.15) is 0 Å². The van der Waals surface area contributed by atoms with E-state index in [9.17, 15) is 4.79 Å². The summed E-state index contributed by atoms with van der Waals surface area (Å²) >= 11 is 0. The molecule has 0 spiro atoms. The molecule has 1 heterocycles. The van der Waals surface area contributed by atoms with Gasteiger partial charge < -0.3 is 9.64 Å². The highest BCUT2D eigenvalue weighted by atomic mass is 16.5. The van der Waals surface area contributed by atoms with Crippen LogP contribution in [0.2, 0.25) is 0 Å². The van der Waals surface area contributed by atoms with Gasteiger partial charge in [0.2, 0.25) is 5.91 Å². The number of nitrogens with zero attached hydrogens (tertiary/aromatic N) is 1. The van der Waals surface area contributed by atoms with Gasteiger partial charge in [0.1, 0.15) is 0 Å². The van der Waals surface area contributed by atoms with Crippen LogP contribution in [0.3, 0.4) is 0 Å². The normalized spacial score (nSPS) is 21.2. The first-order valence-corrected chi connectivity index (χ1v) is 8.95. The van der Waals surface area contributed by atoms with Gasteiger partial charge in [-0.05, 0) is 44.1 Å². The highest BCUT2D eigenvalue weighted by molar-refractivity contribution is 5.88. The van der Waals surface area contributed by atoms with Crippen LogP contribution in [0.15, 0.2) is 42.0 Å². The molecule has 1 aliphatic carbocycles. The van der Waals surface area contributed by atoms with E-state index in [1.54, 1.807) is 0 Å². The Bertz CT molecular complexity index is 524. The average Bonchev–Trinajstić information content (AvgIpc) is 3.09. The summed E-state index contributed by atoms with van der Waals surface area (Å²) in [7, 11) is 0. The van der Waals surface area contributed by atoms with E-state index in [2.05, 4.69) is 12.1 Å². The van der Waals surface area contributed by atoms with Gasteiger partial charge in [-0.3, -0.25) is 4.79 Å². The van der Waals surface area contributed by atoms with E-state index in [0.717, 1.165) is 32.3 Å². The number of carbonyl (C=O) groups excluding carboxylic acids is 1. The summed E-state index contributed by atoms with van der Waals surface area (Å²) in [5, 5.41) is 0. The van der Waals surface area contributed by atoms with Crippen LogP contribution >= 0.6 is 0 Å². The molecule has 2 aliphatic rings. The van der Waals surface area contributed by atoms with Gasteiger partial charge in [0, 0.05) is 25.8 Å². The van der Waals surface area contributed by atoms with E-state index in [-0.39, 0.29) is 12.0 Å². The van der Waals surface area contributed by atoms with Gasteiger partial charge >= 0.3 is 0 Å². The van der Waals surface area contributed by atoms with Gasteiger partial charge in [0.15, 0.2) is 0 Å². The Hall–Kier alpha value is -1.61. The molecule has 3 nitrogen and oxygen atoms in total. The number of allylic oxidation sites excluding steroid dienone is 1. The molecule has 1 saturated carbocycles. The maximum absolute atomic E-state index is 12.8. The van der Waals surface area contributed by atoms with Crippen molar-refractivity contribution in [2.24, 2.45) is 0 Å². The van der Waals surface area contributed by atoms with Gasteiger partial charge in [-0.25, -0.2) is 0 Å². The lowest BCUT2D eigenvalue weighted by Crippen LogP contribution is -2.36. The molecule has 23 heavy (non-hydrogen) atoms. The van der Waals surface area contributed by atoms with Gasteiger partial charge in [-0.1, -0.05) is 42.3 Å². The van der Waals surface area contributed by atoms with E-state index in [0.29, 0.717) is 13.1 Å². The molecule has 3 rings (SSSR count). The molecule has 1 aromatic rings. The molecule has 0 radical (unpaired) electrons. The van der Waals surface area contributed by atoms with E-state index >= 15 is 0 Å². The summed E-state index contributed by atoms with van der Waals surface area (Å²) in [6.45, 7) is 2.21. The molecule has 1 atom stereocenters. The second-order valence-corrected chi connectivity index (χ2v) is 6.70. The largest absolute Gasteiger partial charge is 0.376 e. The molecule has 2 fully saturated rings. The maximum atomic E-state index is 12.8. The molecule has 3 heteroatoms. The predicted octanol–water partition coefficient (Wildman–Crippen LogP) is 4.08. The fourth-order valence-electron chi connectivity index (χ4n) is 3.49. The fraction of sp³-hybridized carbons (Fsp3) is 0.550. The molecule has 1 saturated heterocycles. The second kappa shape index (κ2) is 8.30. The zero-order valence-corrected chi connectivity index (χ0v) is 13.9. The Morgan fingerprint density at radius 3 is 2.61 bits per heavy atom. The molecule has 0 N–H and O–H groups in total. The third kappa shape index (κ3) is 4.93. The number of hydrogen-bond acceptors (Lipinski definition) is 2. The highest BCUT2D eigenvalue weighted by Gasteiger charge is 2.22. The second-order valence-electron chi connectivity index (χ2n) is 6.70. The van der Waals surface area contributed by atoms with Crippen molar-refractivity contribution in [1.29, 1.82) is 0 Å². The van der Waals surface area contributed by atoms with Crippen molar-refractivity contribution in [3.8, 4) is 0 Å².